The van der Waals surface area contributed by atoms with E-state index >= 15 is 0 Å². The van der Waals surface area contributed by atoms with Crippen LogP contribution in [-0.4, -0.2) is 93.3 Å². The van der Waals surface area contributed by atoms with Crippen molar-refractivity contribution in [1.29, 1.82) is 0 Å². The smallest absolute Gasteiger partial charge is 0.211 e. The van der Waals surface area contributed by atoms with Crippen LogP contribution in [-0.2, 0) is 14.8 Å². The highest BCUT2D eigenvalue weighted by Crippen LogP contribution is 2.35. The van der Waals surface area contributed by atoms with Crippen molar-refractivity contribution in [1.82, 2.24) is 14.1 Å². The lowest BCUT2D eigenvalue weighted by atomic mass is 9.84. The first-order valence-corrected chi connectivity index (χ1v) is 8.24. The van der Waals surface area contributed by atoms with Crippen LogP contribution in [0.1, 0.15) is 0 Å². The van der Waals surface area contributed by atoms with Gasteiger partial charge in [0.25, 0.3) is 0 Å². The van der Waals surface area contributed by atoms with E-state index in [-0.39, 0.29) is 11.6 Å². The Balaban J connectivity index is 1.87. The third kappa shape index (κ3) is 1.98. The molecule has 3 heterocycles. The van der Waals surface area contributed by atoms with Crippen molar-refractivity contribution in [2.75, 3.05) is 59.2 Å². The molecular formula is C11H21N3O3S. The molecule has 3 aliphatic rings. The topological polar surface area (TPSA) is 53.1 Å². The summed E-state index contributed by atoms with van der Waals surface area (Å²) in [6.45, 7) is 5.45. The molecule has 1 atom stereocenters. The number of sulfonamides is 1. The minimum atomic E-state index is -3.11. The molecule has 3 fully saturated rings. The van der Waals surface area contributed by atoms with Crippen LogP contribution in [0.5, 0.6) is 0 Å². The predicted octanol–water partition coefficient (Wildman–Crippen LogP) is -1.35. The Hall–Kier alpha value is -0.210. The van der Waals surface area contributed by atoms with E-state index in [9.17, 15) is 8.42 Å². The second-order valence-corrected chi connectivity index (χ2v) is 7.86. The molecule has 0 N–H and O–H groups in total. The Morgan fingerprint density at radius 1 is 1.28 bits per heavy atom. The summed E-state index contributed by atoms with van der Waals surface area (Å²) >= 11 is 0. The van der Waals surface area contributed by atoms with Crippen molar-refractivity contribution in [3.05, 3.63) is 0 Å². The summed E-state index contributed by atoms with van der Waals surface area (Å²) < 4.78 is 30.8. The van der Waals surface area contributed by atoms with Crippen LogP contribution in [0.4, 0.5) is 0 Å². The third-order valence-corrected chi connectivity index (χ3v) is 5.54. The highest BCUT2D eigenvalue weighted by molar-refractivity contribution is 7.88. The summed E-state index contributed by atoms with van der Waals surface area (Å²) in [6, 6.07) is 0.218. The standard InChI is InChI=1S/C11H21N3O3S/c1-12-7-11(8-12)9-13(18(2,15)16)5-10-6-17-4-3-14(10)11/h10H,3-9H2,1-2H3/t10-/m1/s1. The van der Waals surface area contributed by atoms with Gasteiger partial charge in [0, 0.05) is 38.8 Å². The first kappa shape index (κ1) is 12.8. The van der Waals surface area contributed by atoms with E-state index in [0.29, 0.717) is 19.7 Å². The average Bonchev–Trinajstić information content (AvgIpc) is 2.26. The number of likely N-dealkylation sites (N-methyl/N-ethyl adjacent to an activating group) is 1. The van der Waals surface area contributed by atoms with Gasteiger partial charge in [-0.2, -0.15) is 4.31 Å². The summed E-state index contributed by atoms with van der Waals surface area (Å²) in [7, 11) is -1.03. The molecular weight excluding hydrogens is 254 g/mol. The maximum Gasteiger partial charge on any atom is 0.211 e. The van der Waals surface area contributed by atoms with Crippen LogP contribution in [0.25, 0.3) is 0 Å². The highest BCUT2D eigenvalue weighted by Gasteiger charge is 2.54. The number of hydrogen-bond donors (Lipinski definition) is 0. The fraction of sp³-hybridized carbons (Fsp3) is 1.00. The van der Waals surface area contributed by atoms with E-state index in [1.807, 2.05) is 0 Å². The minimum Gasteiger partial charge on any atom is -0.378 e. The quantitative estimate of drug-likeness (QED) is 0.592. The summed E-state index contributed by atoms with van der Waals surface area (Å²) in [4.78, 5) is 4.73. The van der Waals surface area contributed by atoms with E-state index < -0.39 is 10.0 Å². The highest BCUT2D eigenvalue weighted by atomic mass is 32.2. The summed E-state index contributed by atoms with van der Waals surface area (Å²) in [5.41, 5.74) is 0.0184. The molecule has 0 saturated carbocycles. The first-order valence-electron chi connectivity index (χ1n) is 6.39. The molecule has 0 aromatic rings. The number of nitrogens with zero attached hydrogens (tertiary/aromatic N) is 3. The van der Waals surface area contributed by atoms with Gasteiger partial charge in [0.2, 0.25) is 10.0 Å². The summed E-state index contributed by atoms with van der Waals surface area (Å²) in [5.74, 6) is 0. The Bertz CT molecular complexity index is 433. The summed E-state index contributed by atoms with van der Waals surface area (Å²) in [5, 5.41) is 0. The molecule has 6 nitrogen and oxygen atoms in total. The van der Waals surface area contributed by atoms with Crippen LogP contribution < -0.4 is 0 Å². The Morgan fingerprint density at radius 2 is 2.00 bits per heavy atom. The largest absolute Gasteiger partial charge is 0.378 e. The SMILES string of the molecule is CN1CC2(C1)CN(S(C)(=O)=O)C[C@@H]1COCCN12. The molecule has 0 aromatic carbocycles. The number of rotatable bonds is 1. The zero-order chi connectivity index (χ0) is 13.0. The normalized spacial score (nSPS) is 34.2. The molecule has 18 heavy (non-hydrogen) atoms. The van der Waals surface area contributed by atoms with Crippen molar-refractivity contribution in [2.45, 2.75) is 11.6 Å². The molecule has 0 amide bonds. The van der Waals surface area contributed by atoms with Crippen molar-refractivity contribution in [2.24, 2.45) is 0 Å². The second-order valence-electron chi connectivity index (χ2n) is 5.87. The molecule has 3 rings (SSSR count). The first-order chi connectivity index (χ1) is 8.41. The fourth-order valence-corrected chi connectivity index (χ4v) is 4.56. The van der Waals surface area contributed by atoms with Gasteiger partial charge in [-0.3, -0.25) is 4.90 Å². The van der Waals surface area contributed by atoms with Gasteiger partial charge < -0.3 is 9.64 Å². The van der Waals surface area contributed by atoms with E-state index in [1.165, 1.54) is 6.26 Å². The average molecular weight is 275 g/mol. The van der Waals surface area contributed by atoms with Crippen molar-refractivity contribution in [3.63, 3.8) is 0 Å². The molecule has 7 heteroatoms. The second kappa shape index (κ2) is 4.14. The van der Waals surface area contributed by atoms with E-state index in [0.717, 1.165) is 26.2 Å². The molecule has 3 saturated heterocycles. The Kier molecular flexibility index (Phi) is 2.95. The molecule has 0 bridgehead atoms. The lowest BCUT2D eigenvalue weighted by Gasteiger charge is -2.62. The van der Waals surface area contributed by atoms with Gasteiger partial charge in [-0.15, -0.1) is 0 Å². The summed E-state index contributed by atoms with van der Waals surface area (Å²) in [6.07, 6.45) is 1.31. The zero-order valence-corrected chi connectivity index (χ0v) is 11.8. The van der Waals surface area contributed by atoms with Crippen molar-refractivity contribution >= 4 is 10.0 Å². The van der Waals surface area contributed by atoms with E-state index in [2.05, 4.69) is 16.8 Å². The van der Waals surface area contributed by atoms with Gasteiger partial charge in [0.15, 0.2) is 0 Å². The van der Waals surface area contributed by atoms with Crippen molar-refractivity contribution in [3.8, 4) is 0 Å². The van der Waals surface area contributed by atoms with E-state index in [4.69, 9.17) is 4.74 Å². The zero-order valence-electron chi connectivity index (χ0n) is 11.0. The molecule has 3 aliphatic heterocycles. The van der Waals surface area contributed by atoms with Gasteiger partial charge >= 0.3 is 0 Å². The lowest BCUT2D eigenvalue weighted by Crippen LogP contribution is -2.80. The molecule has 0 unspecified atom stereocenters. The number of piperazine rings is 1. The van der Waals surface area contributed by atoms with Gasteiger partial charge in [0.1, 0.15) is 0 Å². The third-order valence-electron chi connectivity index (χ3n) is 4.32. The number of fused-ring (bicyclic) bond motifs is 2. The van der Waals surface area contributed by atoms with Crippen molar-refractivity contribution < 1.29 is 13.2 Å². The van der Waals surface area contributed by atoms with Gasteiger partial charge in [0.05, 0.1) is 25.0 Å². The maximum absolute atomic E-state index is 11.8. The fourth-order valence-electron chi connectivity index (χ4n) is 3.64. The number of ether oxygens (including phenoxy) is 1. The number of morpholine rings is 1. The number of likely N-dealkylation sites (tertiary alicyclic amines) is 1. The Morgan fingerprint density at radius 3 is 2.61 bits per heavy atom. The van der Waals surface area contributed by atoms with Crippen LogP contribution >= 0.6 is 0 Å². The van der Waals surface area contributed by atoms with Crippen LogP contribution in [0.3, 0.4) is 0 Å². The maximum atomic E-state index is 11.8. The molecule has 1 spiro atoms. The molecule has 0 aromatic heterocycles. The molecule has 0 radical (unpaired) electrons. The van der Waals surface area contributed by atoms with E-state index in [1.54, 1.807) is 4.31 Å². The molecule has 104 valence electrons. The van der Waals surface area contributed by atoms with Gasteiger partial charge in [-0.05, 0) is 7.05 Å². The number of hydrogen-bond acceptors (Lipinski definition) is 5. The lowest BCUT2D eigenvalue weighted by molar-refractivity contribution is -0.147. The molecule has 0 aliphatic carbocycles. The monoisotopic (exact) mass is 275 g/mol. The Labute approximate surface area is 109 Å². The predicted molar refractivity (Wildman–Crippen MR) is 68.0 cm³/mol. The van der Waals surface area contributed by atoms with Gasteiger partial charge in [-0.25, -0.2) is 8.42 Å². The van der Waals surface area contributed by atoms with Crippen LogP contribution in [0, 0.1) is 0 Å². The minimum absolute atomic E-state index is 0.0184. The van der Waals surface area contributed by atoms with Gasteiger partial charge in [-0.1, -0.05) is 0 Å². The van der Waals surface area contributed by atoms with Crippen LogP contribution in [0.2, 0.25) is 0 Å². The van der Waals surface area contributed by atoms with Crippen LogP contribution in [0.15, 0.2) is 0 Å².